The van der Waals surface area contributed by atoms with Gasteiger partial charge in [-0.2, -0.15) is 4.98 Å². The highest BCUT2D eigenvalue weighted by atomic mass is 16.5. The van der Waals surface area contributed by atoms with Crippen LogP contribution >= 0.6 is 0 Å². The van der Waals surface area contributed by atoms with Gasteiger partial charge in [0.15, 0.2) is 11.5 Å². The largest absolute Gasteiger partial charge is 0.365 e. The van der Waals surface area contributed by atoms with Crippen molar-refractivity contribution in [3.63, 3.8) is 0 Å². The van der Waals surface area contributed by atoms with Gasteiger partial charge in [-0.25, -0.2) is 4.98 Å². The van der Waals surface area contributed by atoms with E-state index in [4.69, 9.17) is 9.26 Å². The third-order valence-corrected chi connectivity index (χ3v) is 3.89. The summed E-state index contributed by atoms with van der Waals surface area (Å²) in [5.74, 6) is 1.16. The molecule has 6 nitrogen and oxygen atoms in total. The Bertz CT molecular complexity index is 779. The normalized spacial score (nSPS) is 17.4. The molecule has 2 aromatic heterocycles. The molecule has 0 amide bonds. The lowest BCUT2D eigenvalue weighted by atomic mass is 10.1. The number of fused-ring (bicyclic) bond motifs is 1. The number of hydrogen-bond acceptors (Lipinski definition) is 5. The van der Waals surface area contributed by atoms with E-state index in [1.807, 2.05) is 31.5 Å². The zero-order valence-corrected chi connectivity index (χ0v) is 12.3. The number of aromatic nitrogens is 4. The molecule has 0 saturated heterocycles. The van der Waals surface area contributed by atoms with Gasteiger partial charge < -0.3 is 13.8 Å². The van der Waals surface area contributed by atoms with E-state index >= 15 is 0 Å². The lowest BCUT2D eigenvalue weighted by molar-refractivity contribution is 0.00330. The van der Waals surface area contributed by atoms with Crippen LogP contribution in [0.15, 0.2) is 41.2 Å². The predicted molar refractivity (Wildman–Crippen MR) is 78.9 cm³/mol. The third-order valence-electron chi connectivity index (χ3n) is 3.89. The molecule has 1 atom stereocenters. The van der Waals surface area contributed by atoms with Crippen LogP contribution in [0, 0.1) is 0 Å². The van der Waals surface area contributed by atoms with Crippen LogP contribution in [0.2, 0.25) is 0 Å². The summed E-state index contributed by atoms with van der Waals surface area (Å²) in [5, 5.41) is 3.93. The zero-order valence-electron chi connectivity index (χ0n) is 12.3. The Morgan fingerprint density at radius 1 is 1.27 bits per heavy atom. The summed E-state index contributed by atoms with van der Waals surface area (Å²) in [7, 11) is 0. The van der Waals surface area contributed by atoms with E-state index < -0.39 is 0 Å². The quantitative estimate of drug-likeness (QED) is 0.743. The molecule has 1 aliphatic heterocycles. The monoisotopic (exact) mass is 296 g/mol. The van der Waals surface area contributed by atoms with E-state index in [1.165, 1.54) is 5.56 Å². The lowest BCUT2D eigenvalue weighted by Gasteiger charge is -2.25. The average molecular weight is 296 g/mol. The van der Waals surface area contributed by atoms with Crippen LogP contribution in [0.1, 0.15) is 30.1 Å². The molecule has 0 unspecified atom stereocenters. The first-order valence-electron chi connectivity index (χ1n) is 7.38. The minimum absolute atomic E-state index is 0.0460. The minimum atomic E-state index is 0.0460. The van der Waals surface area contributed by atoms with Crippen LogP contribution in [-0.2, 0) is 24.3 Å². The lowest BCUT2D eigenvalue weighted by Crippen LogP contribution is -2.20. The van der Waals surface area contributed by atoms with Crippen LogP contribution < -0.4 is 0 Å². The van der Waals surface area contributed by atoms with Gasteiger partial charge in [-0.15, -0.1) is 0 Å². The second kappa shape index (κ2) is 5.38. The number of hydrogen-bond donors (Lipinski definition) is 0. The third kappa shape index (κ3) is 2.21. The Morgan fingerprint density at radius 3 is 2.91 bits per heavy atom. The molecular formula is C16H16N4O2. The van der Waals surface area contributed by atoms with E-state index in [2.05, 4.69) is 31.8 Å². The molecule has 0 spiro atoms. The van der Waals surface area contributed by atoms with E-state index in [1.54, 1.807) is 0 Å². The van der Waals surface area contributed by atoms with Crippen LogP contribution in [-0.4, -0.2) is 19.7 Å². The highest BCUT2D eigenvalue weighted by molar-refractivity contribution is 5.50. The molecule has 22 heavy (non-hydrogen) atoms. The summed E-state index contributed by atoms with van der Waals surface area (Å²) in [4.78, 5) is 8.78. The Labute approximate surface area is 127 Å². The van der Waals surface area contributed by atoms with E-state index in [9.17, 15) is 0 Å². The van der Waals surface area contributed by atoms with Gasteiger partial charge in [0.05, 0.1) is 25.2 Å². The molecule has 0 radical (unpaired) electrons. The van der Waals surface area contributed by atoms with Gasteiger partial charge in [0.1, 0.15) is 6.10 Å². The topological polar surface area (TPSA) is 66.0 Å². The Morgan fingerprint density at radius 2 is 2.14 bits per heavy atom. The molecule has 0 N–H and O–H groups in total. The number of aryl methyl sites for hydroxylation is 1. The fourth-order valence-electron chi connectivity index (χ4n) is 2.67. The molecule has 3 aromatic rings. The zero-order chi connectivity index (χ0) is 14.9. The molecule has 0 saturated carbocycles. The number of ether oxygens (including phenoxy) is 1. The number of rotatable bonds is 3. The van der Waals surface area contributed by atoms with Crippen LogP contribution in [0.25, 0.3) is 11.6 Å². The van der Waals surface area contributed by atoms with Crippen molar-refractivity contribution < 1.29 is 9.26 Å². The first kappa shape index (κ1) is 13.2. The van der Waals surface area contributed by atoms with Crippen LogP contribution in [0.3, 0.4) is 0 Å². The maximum absolute atomic E-state index is 5.99. The smallest absolute Gasteiger partial charge is 0.278 e. The molecule has 1 aliphatic rings. The maximum atomic E-state index is 5.99. The first-order valence-corrected chi connectivity index (χ1v) is 7.38. The summed E-state index contributed by atoms with van der Waals surface area (Å²) in [6, 6.07) is 10.2. The molecule has 1 aromatic carbocycles. The predicted octanol–water partition coefficient (Wildman–Crippen LogP) is 2.77. The summed E-state index contributed by atoms with van der Waals surface area (Å²) in [6.45, 7) is 3.21. The summed E-state index contributed by atoms with van der Waals surface area (Å²) < 4.78 is 13.4. The van der Waals surface area contributed by atoms with Crippen molar-refractivity contribution in [2.75, 3.05) is 0 Å². The van der Waals surface area contributed by atoms with Gasteiger partial charge in [0.2, 0.25) is 0 Å². The van der Waals surface area contributed by atoms with Gasteiger partial charge in [-0.3, -0.25) is 0 Å². The molecule has 0 bridgehead atoms. The highest BCUT2D eigenvalue weighted by Crippen LogP contribution is 2.30. The van der Waals surface area contributed by atoms with E-state index in [-0.39, 0.29) is 6.10 Å². The van der Waals surface area contributed by atoms with Gasteiger partial charge in [0.25, 0.3) is 5.89 Å². The van der Waals surface area contributed by atoms with Gasteiger partial charge >= 0.3 is 0 Å². The van der Waals surface area contributed by atoms with Gasteiger partial charge in [-0.05, 0) is 5.56 Å². The molecular weight excluding hydrogens is 280 g/mol. The van der Waals surface area contributed by atoms with Crippen molar-refractivity contribution >= 4 is 0 Å². The summed E-state index contributed by atoms with van der Waals surface area (Å²) in [5.41, 5.74) is 2.88. The summed E-state index contributed by atoms with van der Waals surface area (Å²) >= 11 is 0. The molecule has 3 heterocycles. The van der Waals surface area contributed by atoms with Crippen LogP contribution in [0.4, 0.5) is 0 Å². The SMILES string of the molecule is CCc1noc(-c2ncn3c2CO[C@H](c2ccccc2)C3)n1. The van der Waals surface area contributed by atoms with Gasteiger partial charge in [-0.1, -0.05) is 42.4 Å². The molecule has 0 fully saturated rings. The van der Waals surface area contributed by atoms with Crippen molar-refractivity contribution in [1.82, 2.24) is 19.7 Å². The number of imidazole rings is 1. The van der Waals surface area contributed by atoms with Crippen molar-refractivity contribution in [3.05, 3.63) is 53.7 Å². The van der Waals surface area contributed by atoms with Gasteiger partial charge in [0, 0.05) is 6.42 Å². The second-order valence-corrected chi connectivity index (χ2v) is 5.27. The molecule has 112 valence electrons. The fourth-order valence-corrected chi connectivity index (χ4v) is 2.67. The second-order valence-electron chi connectivity index (χ2n) is 5.27. The number of benzene rings is 1. The van der Waals surface area contributed by atoms with Crippen LogP contribution in [0.5, 0.6) is 0 Å². The standard InChI is InChI=1S/C16H16N4O2/c1-2-14-18-16(22-19-14)15-12-9-21-13(8-20(12)10-17-15)11-6-4-3-5-7-11/h3-7,10,13H,2,8-9H2,1H3/t13-/m0/s1. The Kier molecular flexibility index (Phi) is 3.23. The number of nitrogens with zero attached hydrogens (tertiary/aromatic N) is 4. The average Bonchev–Trinajstić information content (AvgIpc) is 3.21. The van der Waals surface area contributed by atoms with Crippen molar-refractivity contribution in [1.29, 1.82) is 0 Å². The highest BCUT2D eigenvalue weighted by Gasteiger charge is 2.26. The summed E-state index contributed by atoms with van der Waals surface area (Å²) in [6.07, 6.45) is 2.61. The minimum Gasteiger partial charge on any atom is -0.365 e. The van der Waals surface area contributed by atoms with E-state index in [0.717, 1.165) is 24.4 Å². The fraction of sp³-hybridized carbons (Fsp3) is 0.312. The van der Waals surface area contributed by atoms with Crippen molar-refractivity contribution in [3.8, 4) is 11.6 Å². The molecule has 4 rings (SSSR count). The molecule has 0 aliphatic carbocycles. The Balaban J connectivity index is 1.62. The molecule has 6 heteroatoms. The van der Waals surface area contributed by atoms with E-state index in [0.29, 0.717) is 18.3 Å². The Hall–Kier alpha value is -2.47. The first-order chi connectivity index (χ1) is 10.8. The maximum Gasteiger partial charge on any atom is 0.278 e. The van der Waals surface area contributed by atoms with Crippen molar-refractivity contribution in [2.45, 2.75) is 32.6 Å². The van der Waals surface area contributed by atoms with Crippen molar-refractivity contribution in [2.24, 2.45) is 0 Å².